The van der Waals surface area contributed by atoms with Crippen LogP contribution in [0.25, 0.3) is 0 Å². The van der Waals surface area contributed by atoms with Crippen molar-refractivity contribution in [3.8, 4) is 0 Å². The molecule has 0 saturated carbocycles. The first-order valence-corrected chi connectivity index (χ1v) is 5.51. The summed E-state index contributed by atoms with van der Waals surface area (Å²) in [7, 11) is -1.13. The van der Waals surface area contributed by atoms with Crippen LogP contribution in [-0.4, -0.2) is 32.8 Å². The van der Waals surface area contributed by atoms with E-state index in [1.807, 2.05) is 19.1 Å². The molecule has 0 aromatic heterocycles. The van der Waals surface area contributed by atoms with E-state index in [2.05, 4.69) is 0 Å². The number of carboxylic acid groups (broad SMARTS) is 1. The van der Waals surface area contributed by atoms with E-state index in [1.165, 1.54) is 0 Å². The van der Waals surface area contributed by atoms with Crippen molar-refractivity contribution >= 4 is 16.8 Å². The molecule has 5 heteroatoms. The lowest BCUT2D eigenvalue weighted by molar-refractivity contribution is -0.137. The van der Waals surface area contributed by atoms with Crippen LogP contribution in [-0.2, 0) is 15.6 Å². The van der Waals surface area contributed by atoms with E-state index in [4.69, 9.17) is 10.8 Å². The molecule has 0 amide bonds. The van der Waals surface area contributed by atoms with Gasteiger partial charge in [0.2, 0.25) is 0 Å². The number of allylic oxidation sites excluding steroid dienone is 2. The lowest BCUT2D eigenvalue weighted by atomic mass is 10.4. The molecule has 0 aromatic rings. The number of aliphatic carboxylic acids is 1. The van der Waals surface area contributed by atoms with Crippen LogP contribution in [0.2, 0.25) is 0 Å². The molecule has 0 heterocycles. The van der Waals surface area contributed by atoms with Gasteiger partial charge in [0.05, 0.1) is 0 Å². The van der Waals surface area contributed by atoms with Gasteiger partial charge in [-0.3, -0.25) is 9.00 Å². The standard InChI is InChI=1S/C8H15NO3S/c1-2-3-4-5-13(12)6-7(9)8(10)11/h2-3,7H,4-6,9H2,1H3,(H,10,11)/t7-,13?/m0/s1. The van der Waals surface area contributed by atoms with Gasteiger partial charge in [-0.25, -0.2) is 0 Å². The van der Waals surface area contributed by atoms with Crippen molar-refractivity contribution in [1.82, 2.24) is 0 Å². The average Bonchev–Trinajstić information content (AvgIpc) is 2.04. The largest absolute Gasteiger partial charge is 0.480 e. The second-order valence-electron chi connectivity index (χ2n) is 2.61. The average molecular weight is 205 g/mol. The molecule has 0 saturated heterocycles. The highest BCUT2D eigenvalue weighted by atomic mass is 32.2. The number of hydrogen-bond acceptors (Lipinski definition) is 3. The van der Waals surface area contributed by atoms with Gasteiger partial charge in [0.15, 0.2) is 0 Å². The molecule has 0 bridgehead atoms. The number of hydrogen-bond donors (Lipinski definition) is 2. The Bertz CT molecular complexity index is 215. The highest BCUT2D eigenvalue weighted by Crippen LogP contribution is 1.92. The lowest BCUT2D eigenvalue weighted by Crippen LogP contribution is -2.35. The zero-order valence-electron chi connectivity index (χ0n) is 7.60. The Hall–Kier alpha value is -0.680. The molecule has 0 radical (unpaired) electrons. The predicted octanol–water partition coefficient (Wildman–Crippen LogP) is 0.113. The van der Waals surface area contributed by atoms with E-state index >= 15 is 0 Å². The second kappa shape index (κ2) is 6.80. The molecule has 76 valence electrons. The topological polar surface area (TPSA) is 80.4 Å². The summed E-state index contributed by atoms with van der Waals surface area (Å²) < 4.78 is 11.2. The molecule has 13 heavy (non-hydrogen) atoms. The molecule has 0 aliphatic heterocycles. The van der Waals surface area contributed by atoms with Gasteiger partial charge in [-0.15, -0.1) is 0 Å². The monoisotopic (exact) mass is 205 g/mol. The Kier molecular flexibility index (Phi) is 6.44. The van der Waals surface area contributed by atoms with Gasteiger partial charge in [-0.2, -0.15) is 0 Å². The number of carboxylic acids is 1. The minimum absolute atomic E-state index is 0.0346. The van der Waals surface area contributed by atoms with Crippen molar-refractivity contribution < 1.29 is 14.1 Å². The molecule has 0 rings (SSSR count). The summed E-state index contributed by atoms with van der Waals surface area (Å²) in [6.07, 6.45) is 4.47. The van der Waals surface area contributed by atoms with Crippen LogP contribution in [0.4, 0.5) is 0 Å². The van der Waals surface area contributed by atoms with Crippen LogP contribution in [0.1, 0.15) is 13.3 Å². The minimum Gasteiger partial charge on any atom is -0.480 e. The van der Waals surface area contributed by atoms with E-state index in [9.17, 15) is 9.00 Å². The Morgan fingerprint density at radius 3 is 2.77 bits per heavy atom. The van der Waals surface area contributed by atoms with Gasteiger partial charge < -0.3 is 10.8 Å². The third kappa shape index (κ3) is 6.48. The normalized spacial score (nSPS) is 15.8. The Labute approximate surface area is 80.3 Å². The van der Waals surface area contributed by atoms with E-state index in [0.29, 0.717) is 12.2 Å². The fourth-order valence-corrected chi connectivity index (χ4v) is 1.83. The molecule has 0 aliphatic carbocycles. The molecule has 0 spiro atoms. The zero-order chi connectivity index (χ0) is 10.3. The molecule has 0 aromatic carbocycles. The van der Waals surface area contributed by atoms with E-state index in [1.54, 1.807) is 0 Å². The van der Waals surface area contributed by atoms with Gasteiger partial charge in [-0.05, 0) is 13.3 Å². The van der Waals surface area contributed by atoms with Crippen molar-refractivity contribution in [3.63, 3.8) is 0 Å². The predicted molar refractivity (Wildman–Crippen MR) is 52.9 cm³/mol. The van der Waals surface area contributed by atoms with Crippen LogP contribution in [0.3, 0.4) is 0 Å². The molecule has 0 fully saturated rings. The summed E-state index contributed by atoms with van der Waals surface area (Å²) in [6.45, 7) is 1.88. The first-order valence-electron chi connectivity index (χ1n) is 4.02. The van der Waals surface area contributed by atoms with Gasteiger partial charge in [0.25, 0.3) is 0 Å². The first-order chi connectivity index (χ1) is 6.07. The third-order valence-electron chi connectivity index (χ3n) is 1.43. The molecule has 3 N–H and O–H groups in total. The Balaban J connectivity index is 3.68. The van der Waals surface area contributed by atoms with Crippen molar-refractivity contribution in [1.29, 1.82) is 0 Å². The van der Waals surface area contributed by atoms with E-state index in [0.717, 1.165) is 0 Å². The summed E-state index contributed by atoms with van der Waals surface area (Å²) >= 11 is 0. The maximum Gasteiger partial charge on any atom is 0.321 e. The van der Waals surface area contributed by atoms with Crippen LogP contribution >= 0.6 is 0 Å². The summed E-state index contributed by atoms with van der Waals surface area (Å²) in [5, 5.41) is 8.43. The summed E-state index contributed by atoms with van der Waals surface area (Å²) in [4.78, 5) is 10.3. The number of rotatable bonds is 6. The minimum atomic E-state index is -1.13. The zero-order valence-corrected chi connectivity index (χ0v) is 8.42. The molecule has 2 atom stereocenters. The molecular weight excluding hydrogens is 190 g/mol. The molecule has 4 nitrogen and oxygen atoms in total. The third-order valence-corrected chi connectivity index (χ3v) is 2.85. The van der Waals surface area contributed by atoms with Crippen molar-refractivity contribution in [3.05, 3.63) is 12.2 Å². The van der Waals surface area contributed by atoms with E-state index < -0.39 is 22.8 Å². The quantitative estimate of drug-likeness (QED) is 0.603. The van der Waals surface area contributed by atoms with Crippen LogP contribution < -0.4 is 5.73 Å². The Morgan fingerprint density at radius 1 is 1.69 bits per heavy atom. The maximum absolute atomic E-state index is 11.2. The number of carbonyl (C=O) groups is 1. The van der Waals surface area contributed by atoms with Crippen molar-refractivity contribution in [2.45, 2.75) is 19.4 Å². The Morgan fingerprint density at radius 2 is 2.31 bits per heavy atom. The van der Waals surface area contributed by atoms with E-state index in [-0.39, 0.29) is 5.75 Å². The SMILES string of the molecule is CC=CCCS(=O)C[C@H](N)C(=O)O. The van der Waals surface area contributed by atoms with Gasteiger partial charge in [0, 0.05) is 22.3 Å². The van der Waals surface area contributed by atoms with Crippen molar-refractivity contribution in [2.75, 3.05) is 11.5 Å². The maximum atomic E-state index is 11.2. The summed E-state index contributed by atoms with van der Waals surface area (Å²) in [5.41, 5.74) is 5.21. The highest BCUT2D eigenvalue weighted by Gasteiger charge is 2.14. The van der Waals surface area contributed by atoms with Gasteiger partial charge in [-0.1, -0.05) is 12.2 Å². The molecular formula is C8H15NO3S. The highest BCUT2D eigenvalue weighted by molar-refractivity contribution is 7.85. The molecule has 0 aliphatic rings. The van der Waals surface area contributed by atoms with Gasteiger partial charge in [0.1, 0.15) is 6.04 Å². The first kappa shape index (κ1) is 12.3. The summed E-state index contributed by atoms with van der Waals surface area (Å²) in [5.74, 6) is -0.586. The summed E-state index contributed by atoms with van der Waals surface area (Å²) in [6, 6.07) is -1.01. The smallest absolute Gasteiger partial charge is 0.321 e. The second-order valence-corrected chi connectivity index (χ2v) is 4.23. The van der Waals surface area contributed by atoms with Crippen molar-refractivity contribution in [2.24, 2.45) is 5.73 Å². The van der Waals surface area contributed by atoms with Gasteiger partial charge >= 0.3 is 5.97 Å². The lowest BCUT2D eigenvalue weighted by Gasteiger charge is -2.04. The fourth-order valence-electron chi connectivity index (χ4n) is 0.721. The molecule has 1 unspecified atom stereocenters. The van der Waals surface area contributed by atoms with Crippen LogP contribution in [0.5, 0.6) is 0 Å². The van der Waals surface area contributed by atoms with Crippen LogP contribution in [0.15, 0.2) is 12.2 Å². The van der Waals surface area contributed by atoms with Crippen LogP contribution in [0, 0.1) is 0 Å². The number of nitrogens with two attached hydrogens (primary N) is 1. The fraction of sp³-hybridized carbons (Fsp3) is 0.625.